The van der Waals surface area contributed by atoms with Crippen LogP contribution in [-0.2, 0) is 4.74 Å². The molecule has 1 saturated heterocycles. The Hall–Kier alpha value is -0.890. The third kappa shape index (κ3) is 1.64. The van der Waals surface area contributed by atoms with E-state index in [0.717, 1.165) is 18.7 Å². The normalized spacial score (nSPS) is 23.8. The zero-order chi connectivity index (χ0) is 8.23. The molecule has 1 aromatic heterocycles. The smallest absolute Gasteiger partial charge is 0.100 e. The maximum Gasteiger partial charge on any atom is 0.100 e. The molecule has 0 spiro atoms. The van der Waals surface area contributed by atoms with Crippen LogP contribution in [-0.4, -0.2) is 11.6 Å². The van der Waals surface area contributed by atoms with Gasteiger partial charge >= 0.3 is 0 Å². The van der Waals surface area contributed by atoms with Gasteiger partial charge in [0.1, 0.15) is 6.10 Å². The van der Waals surface area contributed by atoms with E-state index in [4.69, 9.17) is 4.74 Å². The topological polar surface area (TPSA) is 22.1 Å². The van der Waals surface area contributed by atoms with E-state index in [1.807, 2.05) is 12.1 Å². The first-order chi connectivity index (χ1) is 5.97. The molecule has 1 aliphatic rings. The van der Waals surface area contributed by atoms with Crippen molar-refractivity contribution in [2.24, 2.45) is 0 Å². The molecular weight excluding hydrogens is 150 g/mol. The first-order valence-corrected chi connectivity index (χ1v) is 4.41. The van der Waals surface area contributed by atoms with Crippen LogP contribution in [0.3, 0.4) is 0 Å². The van der Waals surface area contributed by atoms with Gasteiger partial charge in [-0.25, -0.2) is 0 Å². The molecule has 1 unspecified atom stereocenters. The van der Waals surface area contributed by atoms with Crippen LogP contribution in [0.4, 0.5) is 0 Å². The maximum absolute atomic E-state index is 5.57. The highest BCUT2D eigenvalue weighted by Gasteiger charge is 2.16. The Bertz CT molecular complexity index is 229. The van der Waals surface area contributed by atoms with Crippen LogP contribution in [0, 0.1) is 6.07 Å². The van der Waals surface area contributed by atoms with Crippen LogP contribution >= 0.6 is 0 Å². The van der Waals surface area contributed by atoms with E-state index in [9.17, 15) is 0 Å². The highest BCUT2D eigenvalue weighted by molar-refractivity contribution is 5.05. The average molecular weight is 162 g/mol. The summed E-state index contributed by atoms with van der Waals surface area (Å²) < 4.78 is 5.57. The number of aromatic nitrogens is 1. The van der Waals surface area contributed by atoms with Gasteiger partial charge in [0.25, 0.3) is 0 Å². The van der Waals surface area contributed by atoms with Crippen molar-refractivity contribution in [2.75, 3.05) is 6.61 Å². The highest BCUT2D eigenvalue weighted by Crippen LogP contribution is 2.25. The number of hydrogen-bond acceptors (Lipinski definition) is 2. The molecule has 1 atom stereocenters. The Kier molecular flexibility index (Phi) is 2.37. The van der Waals surface area contributed by atoms with Gasteiger partial charge in [-0.1, -0.05) is 6.07 Å². The molecule has 63 valence electrons. The second-order valence-corrected chi connectivity index (χ2v) is 3.02. The molecule has 1 aliphatic heterocycles. The zero-order valence-electron chi connectivity index (χ0n) is 6.99. The molecule has 0 N–H and O–H groups in total. The van der Waals surface area contributed by atoms with Crippen molar-refractivity contribution >= 4 is 0 Å². The summed E-state index contributed by atoms with van der Waals surface area (Å²) in [7, 11) is 0. The van der Waals surface area contributed by atoms with Crippen molar-refractivity contribution in [2.45, 2.75) is 25.4 Å². The molecule has 2 rings (SSSR count). The second-order valence-electron chi connectivity index (χ2n) is 3.02. The van der Waals surface area contributed by atoms with Crippen LogP contribution in [0.1, 0.15) is 31.1 Å². The molecule has 0 aromatic carbocycles. The quantitative estimate of drug-likeness (QED) is 0.631. The van der Waals surface area contributed by atoms with Crippen LogP contribution < -0.4 is 0 Å². The second kappa shape index (κ2) is 3.68. The average Bonchev–Trinajstić information content (AvgIpc) is 2.21. The van der Waals surface area contributed by atoms with Gasteiger partial charge in [0.2, 0.25) is 0 Å². The molecule has 2 nitrogen and oxygen atoms in total. The van der Waals surface area contributed by atoms with Crippen LogP contribution in [0.15, 0.2) is 18.3 Å². The Labute approximate surface area is 72.6 Å². The fraction of sp³-hybridized carbons (Fsp3) is 0.500. The molecule has 1 fully saturated rings. The van der Waals surface area contributed by atoms with E-state index in [1.165, 1.54) is 12.8 Å². The van der Waals surface area contributed by atoms with Crippen molar-refractivity contribution in [3.05, 3.63) is 30.1 Å². The van der Waals surface area contributed by atoms with Crippen LogP contribution in [0.25, 0.3) is 0 Å². The number of hydrogen-bond donors (Lipinski definition) is 0. The summed E-state index contributed by atoms with van der Waals surface area (Å²) in [5.41, 5.74) is 0.956. The summed E-state index contributed by atoms with van der Waals surface area (Å²) in [6, 6.07) is 6.87. The molecule has 0 amide bonds. The predicted molar refractivity (Wildman–Crippen MR) is 45.6 cm³/mol. The third-order valence-corrected chi connectivity index (χ3v) is 2.11. The molecule has 2 heteroatoms. The SMILES string of the molecule is [c]1cccnc1C1CCCCO1. The van der Waals surface area contributed by atoms with Gasteiger partial charge in [0.05, 0.1) is 5.69 Å². The summed E-state index contributed by atoms with van der Waals surface area (Å²) in [6.07, 6.45) is 5.51. The largest absolute Gasteiger partial charge is 0.372 e. The van der Waals surface area contributed by atoms with E-state index >= 15 is 0 Å². The maximum atomic E-state index is 5.57. The zero-order valence-corrected chi connectivity index (χ0v) is 6.99. The Morgan fingerprint density at radius 2 is 2.50 bits per heavy atom. The molecule has 2 heterocycles. The minimum absolute atomic E-state index is 0.194. The fourth-order valence-corrected chi connectivity index (χ4v) is 1.47. The summed E-state index contributed by atoms with van der Waals surface area (Å²) in [6.45, 7) is 0.870. The molecule has 1 aromatic rings. The van der Waals surface area contributed by atoms with Crippen molar-refractivity contribution in [3.8, 4) is 0 Å². The van der Waals surface area contributed by atoms with Crippen molar-refractivity contribution in [1.29, 1.82) is 0 Å². The molecule has 0 saturated carbocycles. The Morgan fingerprint density at radius 1 is 1.50 bits per heavy atom. The first kappa shape index (κ1) is 7.74. The van der Waals surface area contributed by atoms with Crippen molar-refractivity contribution < 1.29 is 4.74 Å². The van der Waals surface area contributed by atoms with Gasteiger partial charge in [-0.15, -0.1) is 0 Å². The molecule has 0 bridgehead atoms. The number of pyridine rings is 1. The van der Waals surface area contributed by atoms with E-state index in [-0.39, 0.29) is 6.10 Å². The summed E-state index contributed by atoms with van der Waals surface area (Å²) in [5, 5.41) is 0. The number of nitrogens with zero attached hydrogens (tertiary/aromatic N) is 1. The number of ether oxygens (including phenoxy) is 1. The van der Waals surface area contributed by atoms with Gasteiger partial charge in [-0.3, -0.25) is 4.98 Å². The van der Waals surface area contributed by atoms with E-state index in [2.05, 4.69) is 11.1 Å². The summed E-state index contributed by atoms with van der Waals surface area (Å²) in [5.74, 6) is 0. The number of rotatable bonds is 1. The van der Waals surface area contributed by atoms with E-state index < -0.39 is 0 Å². The minimum atomic E-state index is 0.194. The fourth-order valence-electron chi connectivity index (χ4n) is 1.47. The predicted octanol–water partition coefficient (Wildman–Crippen LogP) is 2.12. The minimum Gasteiger partial charge on any atom is -0.372 e. The lowest BCUT2D eigenvalue weighted by Gasteiger charge is -2.21. The molecule has 0 aliphatic carbocycles. The van der Waals surface area contributed by atoms with E-state index in [1.54, 1.807) is 6.20 Å². The van der Waals surface area contributed by atoms with Gasteiger partial charge in [0, 0.05) is 18.9 Å². The van der Waals surface area contributed by atoms with Crippen molar-refractivity contribution in [3.63, 3.8) is 0 Å². The van der Waals surface area contributed by atoms with Crippen molar-refractivity contribution in [1.82, 2.24) is 4.98 Å². The standard InChI is InChI=1S/C10H12NO/c1-3-7-11-9(5-1)10-6-2-4-8-12-10/h1,3,7,10H,2,4,6,8H2. The van der Waals surface area contributed by atoms with Gasteiger partial charge in [0.15, 0.2) is 0 Å². The van der Waals surface area contributed by atoms with Gasteiger partial charge in [-0.05, 0) is 25.3 Å². The third-order valence-electron chi connectivity index (χ3n) is 2.11. The lowest BCUT2D eigenvalue weighted by molar-refractivity contribution is 0.0121. The highest BCUT2D eigenvalue weighted by atomic mass is 16.5. The van der Waals surface area contributed by atoms with Crippen LogP contribution in [0.5, 0.6) is 0 Å². The summed E-state index contributed by atoms with van der Waals surface area (Å²) in [4.78, 5) is 4.22. The van der Waals surface area contributed by atoms with E-state index in [0.29, 0.717) is 0 Å². The summed E-state index contributed by atoms with van der Waals surface area (Å²) >= 11 is 0. The Balaban J connectivity index is 2.08. The Morgan fingerprint density at radius 3 is 3.17 bits per heavy atom. The monoisotopic (exact) mass is 162 g/mol. The van der Waals surface area contributed by atoms with Gasteiger partial charge < -0.3 is 4.74 Å². The molecule has 1 radical (unpaired) electrons. The van der Waals surface area contributed by atoms with Crippen LogP contribution in [0.2, 0.25) is 0 Å². The lowest BCUT2D eigenvalue weighted by atomic mass is 10.1. The van der Waals surface area contributed by atoms with Gasteiger partial charge in [-0.2, -0.15) is 0 Å². The molecule has 12 heavy (non-hydrogen) atoms. The molecular formula is C10H12NO. The lowest BCUT2D eigenvalue weighted by Crippen LogP contribution is -2.12. The first-order valence-electron chi connectivity index (χ1n) is 4.41.